The van der Waals surface area contributed by atoms with Crippen LogP contribution in [0, 0.1) is 5.92 Å². The van der Waals surface area contributed by atoms with Gasteiger partial charge in [0.15, 0.2) is 5.96 Å². The smallest absolute Gasteiger partial charge is 0.190 e. The lowest BCUT2D eigenvalue weighted by Gasteiger charge is -2.13. The predicted octanol–water partition coefficient (Wildman–Crippen LogP) is 2.24. The molecule has 0 aromatic rings. The first-order valence-electron chi connectivity index (χ1n) is 6.14. The van der Waals surface area contributed by atoms with Gasteiger partial charge in [0, 0.05) is 33.9 Å². The van der Waals surface area contributed by atoms with Crippen molar-refractivity contribution >= 4 is 29.9 Å². The molecule has 0 aromatic carbocycles. The Morgan fingerprint density at radius 3 is 2.41 bits per heavy atom. The van der Waals surface area contributed by atoms with Crippen LogP contribution in [0.2, 0.25) is 0 Å². The van der Waals surface area contributed by atoms with Crippen LogP contribution in [0.15, 0.2) is 4.99 Å². The van der Waals surface area contributed by atoms with Crippen LogP contribution in [0.5, 0.6) is 0 Å². The van der Waals surface area contributed by atoms with Crippen molar-refractivity contribution in [3.05, 3.63) is 0 Å². The highest BCUT2D eigenvalue weighted by Gasteiger charge is 1.98. The zero-order valence-electron chi connectivity index (χ0n) is 11.6. The van der Waals surface area contributed by atoms with Gasteiger partial charge in [-0.25, -0.2) is 0 Å². The molecule has 0 fully saturated rings. The van der Waals surface area contributed by atoms with Crippen LogP contribution in [-0.4, -0.2) is 39.8 Å². The third-order valence-corrected chi connectivity index (χ3v) is 2.22. The lowest BCUT2D eigenvalue weighted by atomic mass is 10.2. The summed E-state index contributed by atoms with van der Waals surface area (Å²) in [5, 5.41) is 6.58. The van der Waals surface area contributed by atoms with Gasteiger partial charge in [-0.2, -0.15) is 0 Å². The number of aliphatic imine (C=N–C) groups is 1. The molecule has 0 spiro atoms. The van der Waals surface area contributed by atoms with Crippen LogP contribution in [0.1, 0.15) is 33.1 Å². The zero-order chi connectivity index (χ0) is 12.2. The van der Waals surface area contributed by atoms with Crippen LogP contribution >= 0.6 is 24.0 Å². The van der Waals surface area contributed by atoms with Gasteiger partial charge in [0.25, 0.3) is 0 Å². The highest BCUT2D eigenvalue weighted by atomic mass is 127. The van der Waals surface area contributed by atoms with E-state index in [9.17, 15) is 0 Å². The average molecular weight is 357 g/mol. The van der Waals surface area contributed by atoms with Crippen molar-refractivity contribution < 1.29 is 4.74 Å². The number of unbranched alkanes of at least 4 members (excludes halogenated alkanes) is 2. The minimum Gasteiger partial charge on any atom is -0.385 e. The summed E-state index contributed by atoms with van der Waals surface area (Å²) in [6.45, 7) is 7.17. The molecule has 0 radical (unpaired) electrons. The number of ether oxygens (including phenoxy) is 1. The van der Waals surface area contributed by atoms with E-state index < -0.39 is 0 Å². The van der Waals surface area contributed by atoms with E-state index >= 15 is 0 Å². The summed E-state index contributed by atoms with van der Waals surface area (Å²) in [5.74, 6) is 1.54. The van der Waals surface area contributed by atoms with Gasteiger partial charge in [-0.05, 0) is 25.2 Å². The molecule has 0 bridgehead atoms. The maximum Gasteiger partial charge on any atom is 0.190 e. The van der Waals surface area contributed by atoms with Crippen molar-refractivity contribution in [3.63, 3.8) is 0 Å². The number of hydrogen-bond donors (Lipinski definition) is 2. The van der Waals surface area contributed by atoms with E-state index in [1.807, 2.05) is 0 Å². The summed E-state index contributed by atoms with van der Waals surface area (Å²) < 4.78 is 5.00. The summed E-state index contributed by atoms with van der Waals surface area (Å²) in [4.78, 5) is 4.16. The molecule has 0 amide bonds. The molecule has 0 aliphatic carbocycles. The van der Waals surface area contributed by atoms with Crippen LogP contribution in [0.25, 0.3) is 0 Å². The minimum absolute atomic E-state index is 0. The molecular weight excluding hydrogens is 329 g/mol. The van der Waals surface area contributed by atoms with Crippen molar-refractivity contribution in [2.24, 2.45) is 10.9 Å². The zero-order valence-corrected chi connectivity index (χ0v) is 13.9. The Morgan fingerprint density at radius 1 is 1.18 bits per heavy atom. The molecule has 0 aliphatic rings. The maximum atomic E-state index is 5.00. The topological polar surface area (TPSA) is 45.7 Å². The SMILES string of the molecule is CN=C(NCCCCCOC)NCC(C)C.I. The lowest BCUT2D eigenvalue weighted by molar-refractivity contribution is 0.192. The maximum absolute atomic E-state index is 5.00. The Morgan fingerprint density at radius 2 is 1.88 bits per heavy atom. The van der Waals surface area contributed by atoms with Gasteiger partial charge in [0.1, 0.15) is 0 Å². The molecule has 5 heteroatoms. The van der Waals surface area contributed by atoms with E-state index in [-0.39, 0.29) is 24.0 Å². The third-order valence-electron chi connectivity index (χ3n) is 2.22. The van der Waals surface area contributed by atoms with E-state index in [0.717, 1.165) is 38.5 Å². The van der Waals surface area contributed by atoms with Crippen molar-refractivity contribution in [2.75, 3.05) is 33.9 Å². The molecule has 0 saturated heterocycles. The first kappa shape index (κ1) is 19.3. The number of rotatable bonds is 8. The predicted molar refractivity (Wildman–Crippen MR) is 85.3 cm³/mol. The van der Waals surface area contributed by atoms with Crippen molar-refractivity contribution in [3.8, 4) is 0 Å². The summed E-state index contributed by atoms with van der Waals surface area (Å²) in [7, 11) is 3.55. The Bertz CT molecular complexity index is 187. The highest BCUT2D eigenvalue weighted by Crippen LogP contribution is 1.93. The van der Waals surface area contributed by atoms with Gasteiger partial charge in [0.05, 0.1) is 0 Å². The van der Waals surface area contributed by atoms with E-state index in [0.29, 0.717) is 5.92 Å². The standard InChI is InChI=1S/C12H27N3O.HI/c1-11(2)10-15-12(13-3)14-8-6-5-7-9-16-4;/h11H,5-10H2,1-4H3,(H2,13,14,15);1H. The van der Waals surface area contributed by atoms with E-state index in [1.165, 1.54) is 6.42 Å². The third kappa shape index (κ3) is 13.9. The van der Waals surface area contributed by atoms with Crippen LogP contribution in [-0.2, 0) is 4.74 Å². The Kier molecular flexibility index (Phi) is 15.9. The molecular formula is C12H28IN3O. The number of methoxy groups -OCH3 is 1. The normalized spacial score (nSPS) is 11.2. The van der Waals surface area contributed by atoms with Crippen LogP contribution in [0.3, 0.4) is 0 Å². The first-order valence-corrected chi connectivity index (χ1v) is 6.14. The van der Waals surface area contributed by atoms with Crippen LogP contribution < -0.4 is 10.6 Å². The van der Waals surface area contributed by atoms with E-state index in [2.05, 4.69) is 29.5 Å². The minimum atomic E-state index is 0. The fourth-order valence-electron chi connectivity index (χ4n) is 1.28. The first-order chi connectivity index (χ1) is 7.70. The lowest BCUT2D eigenvalue weighted by Crippen LogP contribution is -2.39. The Balaban J connectivity index is 0. The van der Waals surface area contributed by atoms with Gasteiger partial charge >= 0.3 is 0 Å². The second-order valence-corrected chi connectivity index (χ2v) is 4.33. The number of nitrogens with one attached hydrogen (secondary N) is 2. The average Bonchev–Trinajstić information content (AvgIpc) is 2.27. The van der Waals surface area contributed by atoms with Crippen LogP contribution in [0.4, 0.5) is 0 Å². The second-order valence-electron chi connectivity index (χ2n) is 4.33. The molecule has 0 saturated carbocycles. The molecule has 0 unspecified atom stereocenters. The number of hydrogen-bond acceptors (Lipinski definition) is 2. The van der Waals surface area contributed by atoms with Crippen molar-refractivity contribution in [1.29, 1.82) is 0 Å². The van der Waals surface area contributed by atoms with Gasteiger partial charge in [0.2, 0.25) is 0 Å². The molecule has 0 rings (SSSR count). The highest BCUT2D eigenvalue weighted by molar-refractivity contribution is 14.0. The summed E-state index contributed by atoms with van der Waals surface area (Å²) in [6, 6.07) is 0. The molecule has 0 aliphatic heterocycles. The van der Waals surface area contributed by atoms with E-state index in [1.54, 1.807) is 14.2 Å². The monoisotopic (exact) mass is 357 g/mol. The molecule has 17 heavy (non-hydrogen) atoms. The Labute approximate surface area is 123 Å². The molecule has 0 heterocycles. The molecule has 0 atom stereocenters. The quantitative estimate of drug-likeness (QED) is 0.303. The molecule has 4 nitrogen and oxygen atoms in total. The molecule has 2 N–H and O–H groups in total. The fraction of sp³-hybridized carbons (Fsp3) is 0.917. The van der Waals surface area contributed by atoms with Gasteiger partial charge in [-0.1, -0.05) is 13.8 Å². The van der Waals surface area contributed by atoms with Crippen molar-refractivity contribution in [2.45, 2.75) is 33.1 Å². The molecule has 0 aromatic heterocycles. The Hall–Kier alpha value is -0.0400. The summed E-state index contributed by atoms with van der Waals surface area (Å²) in [5.41, 5.74) is 0. The largest absolute Gasteiger partial charge is 0.385 e. The van der Waals surface area contributed by atoms with Crippen molar-refractivity contribution in [1.82, 2.24) is 10.6 Å². The van der Waals surface area contributed by atoms with Gasteiger partial charge in [-0.15, -0.1) is 24.0 Å². The van der Waals surface area contributed by atoms with Gasteiger partial charge < -0.3 is 15.4 Å². The summed E-state index contributed by atoms with van der Waals surface area (Å²) >= 11 is 0. The number of halogens is 1. The summed E-state index contributed by atoms with van der Waals surface area (Å²) in [6.07, 6.45) is 3.49. The fourth-order valence-corrected chi connectivity index (χ4v) is 1.28. The molecule has 104 valence electrons. The second kappa shape index (κ2) is 14.0. The van der Waals surface area contributed by atoms with E-state index in [4.69, 9.17) is 4.74 Å². The number of nitrogens with zero attached hydrogens (tertiary/aromatic N) is 1. The number of guanidine groups is 1. The van der Waals surface area contributed by atoms with Gasteiger partial charge in [-0.3, -0.25) is 4.99 Å².